The molecule has 0 heterocycles. The van der Waals surface area contributed by atoms with Gasteiger partial charge in [-0.2, -0.15) is 0 Å². The first-order valence-electron chi connectivity index (χ1n) is 9.75. The number of carbonyl (C=O) groups is 1. The van der Waals surface area contributed by atoms with Gasteiger partial charge in [0.2, 0.25) is 10.0 Å². The lowest BCUT2D eigenvalue weighted by Crippen LogP contribution is -2.40. The van der Waals surface area contributed by atoms with E-state index in [0.29, 0.717) is 22.8 Å². The van der Waals surface area contributed by atoms with Gasteiger partial charge in [0.15, 0.2) is 11.5 Å². The summed E-state index contributed by atoms with van der Waals surface area (Å²) in [4.78, 5) is 12.7. The van der Waals surface area contributed by atoms with Gasteiger partial charge >= 0.3 is 0 Å². The Morgan fingerprint density at radius 2 is 1.41 bits per heavy atom. The van der Waals surface area contributed by atoms with Gasteiger partial charge in [0.05, 0.1) is 28.4 Å². The summed E-state index contributed by atoms with van der Waals surface area (Å²) in [6, 6.07) is 7.60. The predicted octanol–water partition coefficient (Wildman–Crippen LogP) is 2.73. The number of sulfonamides is 1. The van der Waals surface area contributed by atoms with E-state index in [9.17, 15) is 13.2 Å². The summed E-state index contributed by atoms with van der Waals surface area (Å²) in [5.74, 6) is 1.17. The van der Waals surface area contributed by atoms with Crippen molar-refractivity contribution in [3.05, 3.63) is 41.5 Å². The molecule has 32 heavy (non-hydrogen) atoms. The number of hydrogen-bond acceptors (Lipinski definition) is 7. The van der Waals surface area contributed by atoms with Crippen molar-refractivity contribution in [3.8, 4) is 23.0 Å². The molecule has 9 nitrogen and oxygen atoms in total. The number of rotatable bonds is 9. The minimum absolute atomic E-state index is 0.119. The first kappa shape index (κ1) is 25.3. The molecule has 2 rings (SSSR count). The molecule has 0 fully saturated rings. The molecule has 0 aliphatic carbocycles. The van der Waals surface area contributed by atoms with Crippen molar-refractivity contribution in [3.63, 3.8) is 0 Å². The number of amides is 1. The lowest BCUT2D eigenvalue weighted by molar-refractivity contribution is 0.0950. The van der Waals surface area contributed by atoms with Crippen LogP contribution in [-0.4, -0.2) is 48.3 Å². The number of carbonyl (C=O) groups excluding carboxylic acids is 1. The van der Waals surface area contributed by atoms with Crippen molar-refractivity contribution in [1.82, 2.24) is 10.0 Å². The second-order valence-corrected chi connectivity index (χ2v) is 9.57. The van der Waals surface area contributed by atoms with E-state index in [1.165, 1.54) is 46.6 Å². The Balaban J connectivity index is 2.32. The predicted molar refractivity (Wildman–Crippen MR) is 120 cm³/mol. The van der Waals surface area contributed by atoms with Gasteiger partial charge in [-0.1, -0.05) is 0 Å². The zero-order chi connectivity index (χ0) is 24.1. The van der Waals surface area contributed by atoms with Crippen LogP contribution in [0, 0.1) is 0 Å². The third-order valence-electron chi connectivity index (χ3n) is 4.38. The molecular formula is C22H30N2O7S. The monoisotopic (exact) mass is 466 g/mol. The Morgan fingerprint density at radius 1 is 0.844 bits per heavy atom. The van der Waals surface area contributed by atoms with Gasteiger partial charge in [-0.15, -0.1) is 0 Å². The van der Waals surface area contributed by atoms with E-state index in [-0.39, 0.29) is 22.8 Å². The van der Waals surface area contributed by atoms with Crippen LogP contribution >= 0.6 is 0 Å². The molecule has 0 aromatic heterocycles. The average Bonchev–Trinajstić information content (AvgIpc) is 2.74. The highest BCUT2D eigenvalue weighted by atomic mass is 32.2. The molecular weight excluding hydrogens is 436 g/mol. The van der Waals surface area contributed by atoms with E-state index in [2.05, 4.69) is 10.0 Å². The molecule has 0 spiro atoms. The van der Waals surface area contributed by atoms with Gasteiger partial charge in [-0.05, 0) is 45.0 Å². The van der Waals surface area contributed by atoms with Gasteiger partial charge < -0.3 is 24.3 Å². The molecule has 0 radical (unpaired) electrons. The smallest absolute Gasteiger partial charge is 0.251 e. The summed E-state index contributed by atoms with van der Waals surface area (Å²) in [6.07, 6.45) is 0. The largest absolute Gasteiger partial charge is 0.496 e. The summed E-state index contributed by atoms with van der Waals surface area (Å²) in [5.41, 5.74) is 0.125. The zero-order valence-corrected chi connectivity index (χ0v) is 20.2. The molecule has 0 unspecified atom stereocenters. The van der Waals surface area contributed by atoms with Crippen LogP contribution in [0.15, 0.2) is 35.2 Å². The van der Waals surface area contributed by atoms with Crippen LogP contribution in [0.3, 0.4) is 0 Å². The molecule has 2 aromatic rings. The van der Waals surface area contributed by atoms with Crippen LogP contribution in [0.1, 0.15) is 36.7 Å². The van der Waals surface area contributed by atoms with E-state index in [1.54, 1.807) is 32.9 Å². The van der Waals surface area contributed by atoms with Gasteiger partial charge in [0.1, 0.15) is 16.4 Å². The van der Waals surface area contributed by atoms with E-state index in [0.717, 1.165) is 0 Å². The topological polar surface area (TPSA) is 112 Å². The normalized spacial score (nSPS) is 11.6. The molecule has 1 amide bonds. The summed E-state index contributed by atoms with van der Waals surface area (Å²) >= 11 is 0. The molecule has 0 atom stereocenters. The highest BCUT2D eigenvalue weighted by molar-refractivity contribution is 7.89. The second-order valence-electron chi connectivity index (χ2n) is 7.92. The van der Waals surface area contributed by atoms with Gasteiger partial charge in [0, 0.05) is 29.3 Å². The van der Waals surface area contributed by atoms with E-state index < -0.39 is 21.5 Å². The SMILES string of the molecule is COc1cc(OC)c(OC)cc1CNC(=O)c1ccc(OC)c(S(=O)(=O)NC(C)(C)C)c1. The highest BCUT2D eigenvalue weighted by Gasteiger charge is 2.26. The van der Waals surface area contributed by atoms with Crippen molar-refractivity contribution in [2.24, 2.45) is 0 Å². The third kappa shape index (κ3) is 6.04. The van der Waals surface area contributed by atoms with Crippen LogP contribution in [-0.2, 0) is 16.6 Å². The maximum atomic E-state index is 12.8. The first-order chi connectivity index (χ1) is 15.0. The highest BCUT2D eigenvalue weighted by Crippen LogP contribution is 2.34. The maximum Gasteiger partial charge on any atom is 0.251 e. The van der Waals surface area contributed by atoms with E-state index in [4.69, 9.17) is 18.9 Å². The fraction of sp³-hybridized carbons (Fsp3) is 0.409. The average molecular weight is 467 g/mol. The van der Waals surface area contributed by atoms with Crippen LogP contribution in [0.4, 0.5) is 0 Å². The molecule has 10 heteroatoms. The number of methoxy groups -OCH3 is 4. The number of benzene rings is 2. The van der Waals surface area contributed by atoms with Crippen LogP contribution in [0.2, 0.25) is 0 Å². The number of ether oxygens (including phenoxy) is 4. The van der Waals surface area contributed by atoms with Gasteiger partial charge in [-0.25, -0.2) is 13.1 Å². The van der Waals surface area contributed by atoms with Crippen molar-refractivity contribution < 1.29 is 32.2 Å². The second kappa shape index (κ2) is 10.1. The molecule has 2 aromatic carbocycles. The summed E-state index contributed by atoms with van der Waals surface area (Å²) in [5, 5.41) is 2.77. The lowest BCUT2D eigenvalue weighted by Gasteiger charge is -2.21. The van der Waals surface area contributed by atoms with Crippen LogP contribution in [0.25, 0.3) is 0 Å². The van der Waals surface area contributed by atoms with E-state index in [1.807, 2.05) is 0 Å². The minimum atomic E-state index is -3.92. The lowest BCUT2D eigenvalue weighted by atomic mass is 10.1. The summed E-state index contributed by atoms with van der Waals surface area (Å²) in [6.45, 7) is 5.30. The Morgan fingerprint density at radius 3 is 1.94 bits per heavy atom. The standard InChI is InChI=1S/C22H30N2O7S/c1-22(2,3)24-32(26,27)20-11-14(8-9-16(20)28-4)21(25)23-13-15-10-18(30-6)19(31-7)12-17(15)29-5/h8-12,24H,13H2,1-7H3,(H,23,25). The molecule has 0 aliphatic heterocycles. The van der Waals surface area contributed by atoms with Gasteiger partial charge in [0.25, 0.3) is 5.91 Å². The molecule has 0 saturated carbocycles. The number of nitrogens with one attached hydrogen (secondary N) is 2. The first-order valence-corrected chi connectivity index (χ1v) is 11.2. The number of hydrogen-bond donors (Lipinski definition) is 2. The fourth-order valence-corrected chi connectivity index (χ4v) is 4.61. The Bertz CT molecular complexity index is 1080. The fourth-order valence-electron chi connectivity index (χ4n) is 2.99. The van der Waals surface area contributed by atoms with Crippen LogP contribution < -0.4 is 29.0 Å². The van der Waals surface area contributed by atoms with Gasteiger partial charge in [-0.3, -0.25) is 4.79 Å². The molecule has 176 valence electrons. The van der Waals surface area contributed by atoms with Crippen LogP contribution in [0.5, 0.6) is 23.0 Å². The Labute approximate surface area is 189 Å². The maximum absolute atomic E-state index is 12.8. The van der Waals surface area contributed by atoms with E-state index >= 15 is 0 Å². The molecule has 0 bridgehead atoms. The summed E-state index contributed by atoms with van der Waals surface area (Å²) < 4.78 is 49.4. The molecule has 0 saturated heterocycles. The Hall–Kier alpha value is -2.98. The molecule has 2 N–H and O–H groups in total. The van der Waals surface area contributed by atoms with Crippen molar-refractivity contribution >= 4 is 15.9 Å². The zero-order valence-electron chi connectivity index (χ0n) is 19.4. The van der Waals surface area contributed by atoms with Crippen molar-refractivity contribution in [1.29, 1.82) is 0 Å². The third-order valence-corrected chi connectivity index (χ3v) is 6.16. The minimum Gasteiger partial charge on any atom is -0.496 e. The van der Waals surface area contributed by atoms with Crippen molar-refractivity contribution in [2.75, 3.05) is 28.4 Å². The quantitative estimate of drug-likeness (QED) is 0.584. The summed E-state index contributed by atoms with van der Waals surface area (Å²) in [7, 11) is 1.99. The molecule has 0 aliphatic rings. The van der Waals surface area contributed by atoms with Crippen molar-refractivity contribution in [2.45, 2.75) is 37.8 Å². The Kier molecular flexibility index (Phi) is 7.97.